The minimum Gasteiger partial charge on any atom is -0.478 e. The van der Waals surface area contributed by atoms with E-state index in [4.69, 9.17) is 13.9 Å². The van der Waals surface area contributed by atoms with E-state index in [1.54, 1.807) is 0 Å². The molecule has 1 fully saturated rings. The van der Waals surface area contributed by atoms with Crippen molar-refractivity contribution < 1.29 is 13.9 Å². The summed E-state index contributed by atoms with van der Waals surface area (Å²) in [7, 11) is 0. The number of fused-ring (bicyclic) bond motifs is 3. The Morgan fingerprint density at radius 2 is 2.27 bits per heavy atom. The first-order chi connectivity index (χ1) is 10.7. The van der Waals surface area contributed by atoms with Crippen LogP contribution in [0.25, 0.3) is 11.0 Å². The Morgan fingerprint density at radius 1 is 1.36 bits per heavy atom. The van der Waals surface area contributed by atoms with Crippen molar-refractivity contribution in [2.24, 2.45) is 0 Å². The highest BCUT2D eigenvalue weighted by Gasteiger charge is 2.25. The number of rotatable bonds is 2. The molecule has 1 unspecified atom stereocenters. The standard InChI is InChI=1S/C17H19NO4/c1-11-7-16(19)22-17-13(11)4-5-15-14(17)9-18(10-21-15)8-12-3-2-6-20-12/h4-5,7,12H,2-3,6,8-10H2,1H3. The van der Waals surface area contributed by atoms with Gasteiger partial charge in [0.1, 0.15) is 18.1 Å². The Hall–Kier alpha value is -1.85. The molecule has 2 aliphatic heterocycles. The molecule has 116 valence electrons. The molecular formula is C17H19NO4. The molecule has 0 saturated carbocycles. The average Bonchev–Trinajstić information content (AvgIpc) is 3.00. The van der Waals surface area contributed by atoms with E-state index in [-0.39, 0.29) is 11.7 Å². The molecule has 3 heterocycles. The topological polar surface area (TPSA) is 51.9 Å². The van der Waals surface area contributed by atoms with Crippen molar-refractivity contribution in [1.82, 2.24) is 4.90 Å². The van der Waals surface area contributed by atoms with E-state index in [0.717, 1.165) is 54.8 Å². The van der Waals surface area contributed by atoms with Gasteiger partial charge in [-0.2, -0.15) is 0 Å². The zero-order valence-corrected chi connectivity index (χ0v) is 12.6. The molecule has 0 aliphatic carbocycles. The van der Waals surface area contributed by atoms with E-state index in [9.17, 15) is 4.79 Å². The SMILES string of the molecule is Cc1cc(=O)oc2c3c(ccc12)OCN(CC1CCCO1)C3. The zero-order valence-electron chi connectivity index (χ0n) is 12.6. The van der Waals surface area contributed by atoms with Gasteiger partial charge in [0.15, 0.2) is 0 Å². The molecule has 4 rings (SSSR count). The highest BCUT2D eigenvalue weighted by Crippen LogP contribution is 2.33. The Labute approximate surface area is 128 Å². The Morgan fingerprint density at radius 3 is 3.09 bits per heavy atom. The Bertz CT molecular complexity index is 761. The van der Waals surface area contributed by atoms with Gasteiger partial charge >= 0.3 is 5.63 Å². The van der Waals surface area contributed by atoms with Crippen LogP contribution in [0.15, 0.2) is 27.4 Å². The average molecular weight is 301 g/mol. The van der Waals surface area contributed by atoms with Crippen LogP contribution in [0.2, 0.25) is 0 Å². The maximum absolute atomic E-state index is 11.7. The van der Waals surface area contributed by atoms with Crippen LogP contribution in [0.1, 0.15) is 24.0 Å². The third-order valence-corrected chi connectivity index (χ3v) is 4.45. The van der Waals surface area contributed by atoms with Gasteiger partial charge in [0, 0.05) is 31.1 Å². The third-order valence-electron chi connectivity index (χ3n) is 4.45. The summed E-state index contributed by atoms with van der Waals surface area (Å²) in [6.45, 7) is 4.91. The molecule has 0 N–H and O–H groups in total. The second kappa shape index (κ2) is 5.41. The fourth-order valence-electron chi connectivity index (χ4n) is 3.33. The van der Waals surface area contributed by atoms with E-state index in [1.807, 2.05) is 19.1 Å². The normalized spacial score (nSPS) is 21.8. The minimum atomic E-state index is -0.311. The van der Waals surface area contributed by atoms with Gasteiger partial charge in [-0.05, 0) is 37.5 Å². The lowest BCUT2D eigenvalue weighted by Crippen LogP contribution is -2.37. The monoisotopic (exact) mass is 301 g/mol. The van der Waals surface area contributed by atoms with Crippen molar-refractivity contribution in [3.63, 3.8) is 0 Å². The summed E-state index contributed by atoms with van der Waals surface area (Å²) < 4.78 is 17.0. The number of hydrogen-bond acceptors (Lipinski definition) is 5. The largest absolute Gasteiger partial charge is 0.478 e. The molecule has 0 bridgehead atoms. The minimum absolute atomic E-state index is 0.286. The number of nitrogens with zero attached hydrogens (tertiary/aromatic N) is 1. The summed E-state index contributed by atoms with van der Waals surface area (Å²) in [5.41, 5.74) is 2.24. The van der Waals surface area contributed by atoms with Gasteiger partial charge in [0.25, 0.3) is 0 Å². The number of benzene rings is 1. The molecule has 5 nitrogen and oxygen atoms in total. The van der Waals surface area contributed by atoms with Crippen LogP contribution in [0, 0.1) is 6.92 Å². The fourth-order valence-corrected chi connectivity index (χ4v) is 3.33. The fraction of sp³-hybridized carbons (Fsp3) is 0.471. The Kier molecular flexibility index (Phi) is 3.39. The van der Waals surface area contributed by atoms with Gasteiger partial charge in [0.05, 0.1) is 11.7 Å². The second-order valence-corrected chi connectivity index (χ2v) is 6.09. The lowest BCUT2D eigenvalue weighted by atomic mass is 10.0. The molecule has 1 atom stereocenters. The van der Waals surface area contributed by atoms with Crippen LogP contribution in [0.4, 0.5) is 0 Å². The molecule has 2 aromatic rings. The summed E-state index contributed by atoms with van der Waals surface area (Å²) >= 11 is 0. The predicted octanol–water partition coefficient (Wildman–Crippen LogP) is 2.43. The van der Waals surface area contributed by atoms with Gasteiger partial charge in [0.2, 0.25) is 0 Å². The van der Waals surface area contributed by atoms with E-state index < -0.39 is 0 Å². The first-order valence-electron chi connectivity index (χ1n) is 7.74. The summed E-state index contributed by atoms with van der Waals surface area (Å²) in [5, 5.41) is 0.973. The van der Waals surface area contributed by atoms with Crippen LogP contribution in [0.3, 0.4) is 0 Å². The van der Waals surface area contributed by atoms with Crippen LogP contribution in [-0.2, 0) is 11.3 Å². The van der Waals surface area contributed by atoms with Crippen LogP contribution < -0.4 is 10.4 Å². The van der Waals surface area contributed by atoms with Crippen LogP contribution in [-0.4, -0.2) is 30.9 Å². The lowest BCUT2D eigenvalue weighted by molar-refractivity contribution is 0.0281. The number of ether oxygens (including phenoxy) is 2. The molecule has 0 amide bonds. The Balaban J connectivity index is 1.69. The van der Waals surface area contributed by atoms with Crippen LogP contribution in [0.5, 0.6) is 5.75 Å². The van der Waals surface area contributed by atoms with Crippen molar-refractivity contribution in [2.75, 3.05) is 19.9 Å². The molecule has 5 heteroatoms. The molecule has 0 radical (unpaired) electrons. The smallest absolute Gasteiger partial charge is 0.336 e. The van der Waals surface area contributed by atoms with Gasteiger partial charge in [-0.3, -0.25) is 4.90 Å². The van der Waals surface area contributed by atoms with Crippen molar-refractivity contribution in [3.8, 4) is 5.75 Å². The molecular weight excluding hydrogens is 282 g/mol. The lowest BCUT2D eigenvalue weighted by Gasteiger charge is -2.30. The molecule has 1 saturated heterocycles. The predicted molar refractivity (Wildman–Crippen MR) is 82.1 cm³/mol. The molecule has 1 aromatic carbocycles. The molecule has 22 heavy (non-hydrogen) atoms. The summed E-state index contributed by atoms with van der Waals surface area (Å²) in [6, 6.07) is 5.46. The first kappa shape index (κ1) is 13.8. The van der Waals surface area contributed by atoms with Crippen molar-refractivity contribution >= 4 is 11.0 Å². The molecule has 0 spiro atoms. The van der Waals surface area contributed by atoms with Crippen molar-refractivity contribution in [1.29, 1.82) is 0 Å². The summed E-state index contributed by atoms with van der Waals surface area (Å²) in [6.07, 6.45) is 2.52. The van der Waals surface area contributed by atoms with Gasteiger partial charge < -0.3 is 13.9 Å². The zero-order chi connectivity index (χ0) is 15.1. The van der Waals surface area contributed by atoms with Gasteiger partial charge in [-0.15, -0.1) is 0 Å². The third kappa shape index (κ3) is 2.40. The van der Waals surface area contributed by atoms with E-state index in [0.29, 0.717) is 12.3 Å². The van der Waals surface area contributed by atoms with E-state index in [2.05, 4.69) is 4.90 Å². The van der Waals surface area contributed by atoms with Gasteiger partial charge in [-0.25, -0.2) is 4.79 Å². The maximum atomic E-state index is 11.7. The van der Waals surface area contributed by atoms with E-state index >= 15 is 0 Å². The van der Waals surface area contributed by atoms with Crippen LogP contribution >= 0.6 is 0 Å². The molecule has 1 aromatic heterocycles. The maximum Gasteiger partial charge on any atom is 0.336 e. The quantitative estimate of drug-likeness (QED) is 0.797. The molecule has 2 aliphatic rings. The van der Waals surface area contributed by atoms with E-state index in [1.165, 1.54) is 6.07 Å². The first-order valence-corrected chi connectivity index (χ1v) is 7.74. The van der Waals surface area contributed by atoms with Crippen molar-refractivity contribution in [2.45, 2.75) is 32.4 Å². The number of aryl methyl sites for hydroxylation is 1. The highest BCUT2D eigenvalue weighted by molar-refractivity contribution is 5.85. The summed E-state index contributed by atoms with van der Waals surface area (Å²) in [5.74, 6) is 0.810. The van der Waals surface area contributed by atoms with Crippen molar-refractivity contribution in [3.05, 3.63) is 39.7 Å². The second-order valence-electron chi connectivity index (χ2n) is 6.09. The van der Waals surface area contributed by atoms with Gasteiger partial charge in [-0.1, -0.05) is 0 Å². The summed E-state index contributed by atoms with van der Waals surface area (Å²) in [4.78, 5) is 13.9. The number of hydrogen-bond donors (Lipinski definition) is 0. The highest BCUT2D eigenvalue weighted by atomic mass is 16.5.